The number of rotatable bonds is 2. The van der Waals surface area contributed by atoms with Gasteiger partial charge in [-0.1, -0.05) is 24.5 Å². The first-order valence-electron chi connectivity index (χ1n) is 13.0. The van der Waals surface area contributed by atoms with Crippen molar-refractivity contribution in [3.05, 3.63) is 37.2 Å². The Kier molecular flexibility index (Phi) is 7.71. The second-order valence-corrected chi connectivity index (χ2v) is 16.0. The highest BCUT2D eigenvalue weighted by molar-refractivity contribution is 8.44. The molecule has 0 unspecified atom stereocenters. The molecule has 18 nitrogen and oxygen atoms in total. The minimum Gasteiger partial charge on any atom is -0.386 e. The number of aliphatic hydroxyl groups excluding tert-OH is 2. The van der Waals surface area contributed by atoms with Crippen LogP contribution in [-0.4, -0.2) is 89.1 Å². The normalized spacial score (nSPS) is 38.3. The number of thiol groups is 2. The van der Waals surface area contributed by atoms with Gasteiger partial charge in [-0.3, -0.25) is 18.1 Å². The monoisotopic (exact) mass is 688 g/mol. The smallest absolute Gasteiger partial charge is 0.386 e. The Morgan fingerprint density at radius 2 is 1.16 bits per heavy atom. The molecule has 3 aliphatic heterocycles. The average molecular weight is 689 g/mol. The molecule has 0 bridgehead atoms. The van der Waals surface area contributed by atoms with Crippen molar-refractivity contribution in [2.24, 2.45) is 0 Å². The molecular formula is C22H26N8O10P2S2. The van der Waals surface area contributed by atoms with Crippen molar-refractivity contribution in [3.8, 4) is 0 Å². The zero-order chi connectivity index (χ0) is 31.0. The number of hydrogen-bond acceptors (Lipinski definition) is 16. The summed E-state index contributed by atoms with van der Waals surface area (Å²) in [6.45, 7) is -9.48. The number of hydrogen-bond donors (Lipinski definition) is 6. The molecule has 0 aliphatic carbocycles. The molecule has 0 saturated carbocycles. The number of fused-ring (bicyclic) bond motifs is 4. The van der Waals surface area contributed by atoms with E-state index < -0.39 is 75.9 Å². The topological polar surface area (TPSA) is 243 Å². The van der Waals surface area contributed by atoms with E-state index >= 15 is 0 Å². The van der Waals surface area contributed by atoms with Gasteiger partial charge in [0.15, 0.2) is 12.5 Å². The van der Waals surface area contributed by atoms with E-state index in [0.717, 1.165) is 0 Å². The number of aliphatic hydroxyl groups is 2. The number of nitrogen functional groups attached to an aromatic ring is 2. The molecule has 7 heterocycles. The lowest BCUT2D eigenvalue weighted by atomic mass is 10.1. The van der Waals surface area contributed by atoms with E-state index in [4.69, 9.17) is 39.0 Å². The van der Waals surface area contributed by atoms with Gasteiger partial charge in [-0.25, -0.2) is 29.1 Å². The molecule has 4 aromatic rings. The van der Waals surface area contributed by atoms with Crippen molar-refractivity contribution in [3.63, 3.8) is 0 Å². The number of aromatic nitrogens is 6. The van der Waals surface area contributed by atoms with E-state index in [9.17, 15) is 19.3 Å². The summed E-state index contributed by atoms with van der Waals surface area (Å²) in [5.74, 6) is 0.432. The Morgan fingerprint density at radius 1 is 0.750 bits per heavy atom. The number of ether oxygens (including phenoxy) is 2. The third kappa shape index (κ3) is 5.32. The fourth-order valence-corrected chi connectivity index (χ4v) is 8.50. The van der Waals surface area contributed by atoms with Gasteiger partial charge in [-0.05, 0) is 12.1 Å². The van der Waals surface area contributed by atoms with Crippen LogP contribution < -0.4 is 11.5 Å². The second-order valence-electron chi connectivity index (χ2n) is 10.2. The lowest BCUT2D eigenvalue weighted by Crippen LogP contribution is -2.38. The van der Waals surface area contributed by atoms with Crippen LogP contribution in [-0.2, 0) is 36.7 Å². The highest BCUT2D eigenvalue weighted by atomic mass is 32.7. The van der Waals surface area contributed by atoms with Gasteiger partial charge < -0.3 is 40.3 Å². The maximum atomic E-state index is 13.4. The summed E-state index contributed by atoms with van der Waals surface area (Å²) in [6, 6.07) is 3.28. The third-order valence-corrected chi connectivity index (χ3v) is 10.8. The lowest BCUT2D eigenvalue weighted by molar-refractivity contribution is -0.0559. The standard InChI is InChI=1S/C22H26N8O10P2S2/c23-17-9-1-3-29(19(9)27-7-25-17)21-13(31)15-11(37-21)5-35-42(34,44)40-16-12(6-36-41(33,43)39-15)38-22(14(16)32)30-4-2-10-18(24)26-8-28-20(10)30/h1-4,7-8,11-16,21-22,31-32H,5-6H2,(H,33,43)(H,34,44)(H2,23,25,27)(H2,24,26,28)/t11-,12-,13-,14-,15-,16-,21-,22-,41-,42+/m1/s1. The quantitative estimate of drug-likeness (QED) is 0.129. The molecule has 3 aliphatic rings. The van der Waals surface area contributed by atoms with Crippen molar-refractivity contribution in [2.45, 2.75) is 49.1 Å². The highest BCUT2D eigenvalue weighted by Crippen LogP contribution is 2.60. The Balaban J connectivity index is 1.17. The molecule has 6 N–H and O–H groups in total. The van der Waals surface area contributed by atoms with Crippen molar-refractivity contribution in [1.82, 2.24) is 29.1 Å². The van der Waals surface area contributed by atoms with Crippen molar-refractivity contribution in [1.29, 1.82) is 0 Å². The molecule has 236 valence electrons. The van der Waals surface area contributed by atoms with Crippen molar-refractivity contribution in [2.75, 3.05) is 24.7 Å². The first-order valence-corrected chi connectivity index (χ1v) is 18.4. The summed E-state index contributed by atoms with van der Waals surface area (Å²) in [6.07, 6.45) is -4.52. The zero-order valence-corrected chi connectivity index (χ0v) is 25.9. The number of nitrogens with two attached hydrogens (primary N) is 2. The van der Waals surface area contributed by atoms with Crippen molar-refractivity contribution < 1.29 is 46.9 Å². The van der Waals surface area contributed by atoms with Gasteiger partial charge in [0.2, 0.25) is 0 Å². The summed E-state index contributed by atoms with van der Waals surface area (Å²) in [4.78, 5) is 16.3. The largest absolute Gasteiger partial charge is 0.386 e. The van der Waals surface area contributed by atoms with Crippen LogP contribution in [0.3, 0.4) is 0 Å². The maximum Gasteiger partial charge on any atom is 0.386 e. The van der Waals surface area contributed by atoms with Crippen LogP contribution in [0.25, 0.3) is 22.1 Å². The Hall–Kier alpha value is -2.32. The molecule has 0 amide bonds. The van der Waals surface area contributed by atoms with Gasteiger partial charge in [-0.15, -0.1) is 0 Å². The van der Waals surface area contributed by atoms with Crippen LogP contribution in [0.2, 0.25) is 0 Å². The van der Waals surface area contributed by atoms with Gasteiger partial charge in [0.25, 0.3) is 0 Å². The second kappa shape index (κ2) is 11.2. The molecule has 10 atom stereocenters. The van der Waals surface area contributed by atoms with E-state index in [1.165, 1.54) is 21.8 Å². The molecule has 22 heteroatoms. The minimum absolute atomic E-state index is 0.216. The molecule has 0 radical (unpaired) electrons. The SMILES string of the molecule is Nc1ncnc2c1ccn2[C@@H]1O[C@@H]2CO[P@@](=O)(S)O[C@H]3[C@@H](O)[C@H](n4ccc5c(N)ncnc54)O[C@@H]3CO[P@](=O)(S)O[C@H]2[C@H]1O. The van der Waals surface area contributed by atoms with E-state index in [2.05, 4.69) is 44.4 Å². The number of nitrogens with zero attached hydrogens (tertiary/aromatic N) is 6. The van der Waals surface area contributed by atoms with Gasteiger partial charge in [0.05, 0.1) is 24.0 Å². The summed E-state index contributed by atoms with van der Waals surface area (Å²) in [5.41, 5.74) is 12.6. The molecule has 0 spiro atoms. The van der Waals surface area contributed by atoms with Crippen LogP contribution in [0, 0.1) is 0 Å². The molecule has 3 fully saturated rings. The zero-order valence-electron chi connectivity index (χ0n) is 22.3. The maximum absolute atomic E-state index is 13.4. The first-order chi connectivity index (χ1) is 20.9. The highest BCUT2D eigenvalue weighted by Gasteiger charge is 2.53. The van der Waals surface area contributed by atoms with Gasteiger partial charge >= 0.3 is 13.6 Å². The van der Waals surface area contributed by atoms with E-state index in [1.807, 2.05) is 0 Å². The fraction of sp³-hybridized carbons (Fsp3) is 0.455. The fourth-order valence-electron chi connectivity index (χ4n) is 5.52. The predicted octanol–water partition coefficient (Wildman–Crippen LogP) is 1.45. The summed E-state index contributed by atoms with van der Waals surface area (Å²) in [7, 11) is 0. The van der Waals surface area contributed by atoms with E-state index in [1.54, 1.807) is 24.5 Å². The molecule has 3 saturated heterocycles. The Labute approximate surface area is 258 Å². The average Bonchev–Trinajstić information content (AvgIpc) is 3.73. The van der Waals surface area contributed by atoms with Crippen molar-refractivity contribution >= 4 is 71.8 Å². The first kappa shape index (κ1) is 30.3. The van der Waals surface area contributed by atoms with E-state index in [-0.39, 0.29) is 11.6 Å². The molecule has 4 aromatic heterocycles. The summed E-state index contributed by atoms with van der Waals surface area (Å²) in [5, 5.41) is 23.6. The third-order valence-electron chi connectivity index (χ3n) is 7.56. The van der Waals surface area contributed by atoms with Crippen LogP contribution >= 0.6 is 38.1 Å². The Bertz CT molecular complexity index is 1700. The molecule has 0 aromatic carbocycles. The Morgan fingerprint density at radius 3 is 1.57 bits per heavy atom. The van der Waals surface area contributed by atoms with Crippen LogP contribution in [0.1, 0.15) is 12.5 Å². The molecule has 44 heavy (non-hydrogen) atoms. The summed E-state index contributed by atoms with van der Waals surface area (Å²) >= 11 is 8.20. The van der Waals surface area contributed by atoms with Crippen LogP contribution in [0.4, 0.5) is 11.6 Å². The minimum atomic E-state index is -4.24. The van der Waals surface area contributed by atoms with Gasteiger partial charge in [-0.2, -0.15) is 0 Å². The van der Waals surface area contributed by atoms with Crippen LogP contribution in [0.15, 0.2) is 37.2 Å². The van der Waals surface area contributed by atoms with E-state index in [0.29, 0.717) is 22.1 Å². The number of anilines is 2. The lowest BCUT2D eigenvalue weighted by Gasteiger charge is -2.28. The van der Waals surface area contributed by atoms with Crippen LogP contribution in [0.5, 0.6) is 0 Å². The molecule has 7 rings (SSSR count). The van der Waals surface area contributed by atoms with Gasteiger partial charge in [0, 0.05) is 12.4 Å². The van der Waals surface area contributed by atoms with Gasteiger partial charge in [0.1, 0.15) is 72.2 Å². The summed E-state index contributed by atoms with van der Waals surface area (Å²) < 4.78 is 64.3. The molecular weight excluding hydrogens is 662 g/mol. The predicted molar refractivity (Wildman–Crippen MR) is 159 cm³/mol.